The van der Waals surface area contributed by atoms with Crippen LogP contribution in [0.15, 0.2) is 18.2 Å². The Labute approximate surface area is 192 Å². The lowest BCUT2D eigenvalue weighted by Gasteiger charge is -2.24. The lowest BCUT2D eigenvalue weighted by Crippen LogP contribution is -2.36. The van der Waals surface area contributed by atoms with Crippen molar-refractivity contribution in [2.24, 2.45) is 0 Å². The molecule has 2 aromatic rings. The van der Waals surface area contributed by atoms with E-state index in [1.54, 1.807) is 39.0 Å². The molecule has 0 bridgehead atoms. The van der Waals surface area contributed by atoms with Crippen molar-refractivity contribution in [3.63, 3.8) is 0 Å². The number of hydrogen-bond donors (Lipinski definition) is 1. The predicted molar refractivity (Wildman–Crippen MR) is 116 cm³/mol. The van der Waals surface area contributed by atoms with Gasteiger partial charge in [0.25, 0.3) is 0 Å². The number of amides is 1. The first-order valence-electron chi connectivity index (χ1n) is 10.6. The van der Waals surface area contributed by atoms with Crippen LogP contribution in [0.2, 0.25) is 0 Å². The van der Waals surface area contributed by atoms with Gasteiger partial charge in [-0.3, -0.25) is 0 Å². The molecule has 2 atom stereocenters. The second-order valence-electron chi connectivity index (χ2n) is 9.14. The van der Waals surface area contributed by atoms with Crippen molar-refractivity contribution < 1.29 is 36.6 Å². The van der Waals surface area contributed by atoms with Gasteiger partial charge in [-0.15, -0.1) is 11.3 Å². The zero-order valence-corrected chi connectivity index (χ0v) is 19.3. The van der Waals surface area contributed by atoms with Crippen LogP contribution in [0, 0.1) is 0 Å². The van der Waals surface area contributed by atoms with Crippen LogP contribution >= 0.6 is 11.3 Å². The van der Waals surface area contributed by atoms with Crippen molar-refractivity contribution in [1.82, 2.24) is 4.90 Å². The fourth-order valence-corrected chi connectivity index (χ4v) is 5.26. The molecule has 4 rings (SSSR count). The van der Waals surface area contributed by atoms with Crippen molar-refractivity contribution in [3.05, 3.63) is 28.6 Å². The number of ether oxygens (including phenoxy) is 3. The van der Waals surface area contributed by atoms with E-state index in [1.165, 1.54) is 4.90 Å². The van der Waals surface area contributed by atoms with E-state index in [0.717, 1.165) is 11.3 Å². The molecule has 2 fully saturated rings. The highest BCUT2D eigenvalue weighted by Crippen LogP contribution is 2.44. The number of nitrogens with one attached hydrogen (secondary N) is 1. The molecule has 1 aromatic heterocycles. The van der Waals surface area contributed by atoms with Gasteiger partial charge in [-0.1, -0.05) is 12.1 Å². The molecule has 33 heavy (non-hydrogen) atoms. The molecular formula is C22H26F4N2O4S. The van der Waals surface area contributed by atoms with Crippen LogP contribution in [0.4, 0.5) is 28.0 Å². The van der Waals surface area contributed by atoms with Gasteiger partial charge in [-0.25, -0.2) is 9.18 Å². The molecule has 0 spiro atoms. The van der Waals surface area contributed by atoms with Gasteiger partial charge in [0, 0.05) is 6.54 Å². The lowest BCUT2D eigenvalue weighted by molar-refractivity contribution is -0.127. The monoisotopic (exact) mass is 490 g/mol. The lowest BCUT2D eigenvalue weighted by atomic mass is 10.1. The van der Waals surface area contributed by atoms with E-state index >= 15 is 0 Å². The van der Waals surface area contributed by atoms with Gasteiger partial charge >= 0.3 is 12.3 Å². The summed E-state index contributed by atoms with van der Waals surface area (Å²) < 4.78 is 71.6. The Balaban J connectivity index is 1.61. The maximum absolute atomic E-state index is 14.8. The molecule has 1 N–H and O–H groups in total. The second kappa shape index (κ2) is 8.92. The molecule has 6 nitrogen and oxygen atoms in total. The first-order chi connectivity index (χ1) is 15.4. The van der Waals surface area contributed by atoms with Gasteiger partial charge in [0.2, 0.25) is 0 Å². The van der Waals surface area contributed by atoms with Crippen molar-refractivity contribution in [2.45, 2.75) is 57.5 Å². The average Bonchev–Trinajstić information content (AvgIpc) is 3.40. The Hall–Kier alpha value is -2.11. The molecule has 1 aromatic carbocycles. The molecule has 0 aliphatic carbocycles. The van der Waals surface area contributed by atoms with Crippen molar-refractivity contribution in [2.75, 3.05) is 31.6 Å². The average molecular weight is 491 g/mol. The summed E-state index contributed by atoms with van der Waals surface area (Å²) in [7, 11) is 0. The number of alkyl halides is 4. The van der Waals surface area contributed by atoms with E-state index in [-0.39, 0.29) is 18.7 Å². The number of hydrogen-bond acceptors (Lipinski definition) is 6. The van der Waals surface area contributed by atoms with Gasteiger partial charge < -0.3 is 24.4 Å². The van der Waals surface area contributed by atoms with Crippen molar-refractivity contribution >= 4 is 33.2 Å². The maximum Gasteiger partial charge on any atom is 0.410 e. The van der Waals surface area contributed by atoms with Gasteiger partial charge in [-0.05, 0) is 37.8 Å². The van der Waals surface area contributed by atoms with E-state index in [0.29, 0.717) is 33.9 Å². The highest BCUT2D eigenvalue weighted by atomic mass is 32.1. The number of anilines is 1. The number of nitrogens with zero attached hydrogens (tertiary/aromatic N) is 1. The summed E-state index contributed by atoms with van der Waals surface area (Å²) in [5.74, 6) is 0. The summed E-state index contributed by atoms with van der Waals surface area (Å²) >= 11 is 1.15. The Morgan fingerprint density at radius 2 is 1.91 bits per heavy atom. The Bertz CT molecular complexity index is 1010. The highest BCUT2D eigenvalue weighted by Gasteiger charge is 2.38. The fraction of sp³-hybridized carbons (Fsp3) is 0.591. The zero-order chi connectivity index (χ0) is 24.0. The molecule has 2 aliphatic rings. The van der Waals surface area contributed by atoms with E-state index in [9.17, 15) is 22.4 Å². The first kappa shape index (κ1) is 24.0. The third-order valence-corrected chi connectivity index (χ3v) is 6.61. The molecule has 0 saturated carbocycles. The second-order valence-corrected chi connectivity index (χ2v) is 10.2. The molecule has 1 amide bonds. The summed E-state index contributed by atoms with van der Waals surface area (Å²) in [5.41, 5.74) is -0.0902. The number of thiophene rings is 1. The van der Waals surface area contributed by atoms with Gasteiger partial charge in [0.05, 0.1) is 47.5 Å². The number of carbonyl (C=O) groups is 1. The minimum absolute atomic E-state index is 0.0783. The third kappa shape index (κ3) is 5.52. The maximum atomic E-state index is 14.8. The summed E-state index contributed by atoms with van der Waals surface area (Å²) in [6, 6.07) is 4.22. The Morgan fingerprint density at radius 3 is 2.55 bits per heavy atom. The molecule has 11 heteroatoms. The van der Waals surface area contributed by atoms with E-state index in [4.69, 9.17) is 14.2 Å². The predicted octanol–water partition coefficient (Wildman–Crippen LogP) is 5.42. The largest absolute Gasteiger partial charge is 0.444 e. The molecule has 2 aliphatic heterocycles. The SMILES string of the molecule is CC(C)(C)OC(=O)N1C[C@H](F)[C@H](Nc2cccc3c(CC(F)(F)F)c(C4OCCO4)sc23)C1. The van der Waals surface area contributed by atoms with Crippen LogP contribution in [0.5, 0.6) is 0 Å². The van der Waals surface area contributed by atoms with E-state index < -0.39 is 42.8 Å². The molecule has 0 unspecified atom stereocenters. The highest BCUT2D eigenvalue weighted by molar-refractivity contribution is 7.20. The molecular weight excluding hydrogens is 464 g/mol. The number of likely N-dealkylation sites (tertiary alicyclic amines) is 1. The van der Waals surface area contributed by atoms with Crippen LogP contribution in [0.1, 0.15) is 37.5 Å². The molecule has 182 valence electrons. The summed E-state index contributed by atoms with van der Waals surface area (Å²) in [6.45, 7) is 5.76. The summed E-state index contributed by atoms with van der Waals surface area (Å²) in [4.78, 5) is 14.0. The van der Waals surface area contributed by atoms with E-state index in [2.05, 4.69) is 5.32 Å². The summed E-state index contributed by atoms with van der Waals surface area (Å²) in [6.07, 6.45) is -8.33. The van der Waals surface area contributed by atoms with Crippen LogP contribution < -0.4 is 5.32 Å². The standard InChI is InChI=1S/C22H26F4N2O4S/c1-21(2,3)32-20(29)28-10-14(23)16(11-28)27-15-6-4-5-12-13(9-22(24,25)26)18(33-17(12)15)19-30-7-8-31-19/h4-6,14,16,19,27H,7-11H2,1-3H3/t14-,16+/m0/s1. The molecule has 0 radical (unpaired) electrons. The van der Waals surface area contributed by atoms with Crippen LogP contribution in [0.25, 0.3) is 10.1 Å². The quantitative estimate of drug-likeness (QED) is 0.580. The molecule has 3 heterocycles. The van der Waals surface area contributed by atoms with Crippen molar-refractivity contribution in [1.29, 1.82) is 0 Å². The van der Waals surface area contributed by atoms with Crippen LogP contribution in [-0.2, 0) is 20.6 Å². The fourth-order valence-electron chi connectivity index (χ4n) is 3.96. The summed E-state index contributed by atoms with van der Waals surface area (Å²) in [5, 5.41) is 3.52. The number of rotatable bonds is 4. The van der Waals surface area contributed by atoms with Crippen LogP contribution in [0.3, 0.4) is 0 Å². The normalized spacial score (nSPS) is 22.3. The number of fused-ring (bicyclic) bond motifs is 1. The zero-order valence-electron chi connectivity index (χ0n) is 18.5. The Morgan fingerprint density at radius 1 is 1.21 bits per heavy atom. The Kier molecular flexibility index (Phi) is 6.49. The molecule has 2 saturated heterocycles. The minimum atomic E-state index is -4.41. The first-order valence-corrected chi connectivity index (χ1v) is 11.5. The van der Waals surface area contributed by atoms with Crippen LogP contribution in [-0.4, -0.2) is 61.3 Å². The number of benzene rings is 1. The number of halogens is 4. The third-order valence-electron chi connectivity index (χ3n) is 5.30. The smallest absolute Gasteiger partial charge is 0.410 e. The van der Waals surface area contributed by atoms with Gasteiger partial charge in [-0.2, -0.15) is 13.2 Å². The van der Waals surface area contributed by atoms with Gasteiger partial charge in [0.1, 0.15) is 11.8 Å². The van der Waals surface area contributed by atoms with E-state index in [1.807, 2.05) is 0 Å². The number of carbonyl (C=O) groups excluding carboxylic acids is 1. The van der Waals surface area contributed by atoms with Gasteiger partial charge in [0.15, 0.2) is 6.29 Å². The topological polar surface area (TPSA) is 60.0 Å². The minimum Gasteiger partial charge on any atom is -0.444 e. The van der Waals surface area contributed by atoms with Crippen molar-refractivity contribution in [3.8, 4) is 0 Å².